The first kappa shape index (κ1) is 15.4. The van der Waals surface area contributed by atoms with Gasteiger partial charge in [0.25, 0.3) is 5.97 Å². The van der Waals surface area contributed by atoms with Crippen molar-refractivity contribution in [1.29, 1.82) is 0 Å². The number of hydrogen-bond acceptors (Lipinski definition) is 3. The van der Waals surface area contributed by atoms with E-state index in [-0.39, 0.29) is 17.1 Å². The molecule has 0 amide bonds. The van der Waals surface area contributed by atoms with Crippen molar-refractivity contribution < 1.29 is 31.4 Å². The summed E-state index contributed by atoms with van der Waals surface area (Å²) in [6.07, 6.45) is 0.631. The monoisotopic (exact) mass is 272 g/mol. The van der Waals surface area contributed by atoms with Crippen LogP contribution in [0.3, 0.4) is 0 Å². The first-order valence-electron chi connectivity index (χ1n) is 4.75. The minimum atomic E-state index is -0.475. The average Bonchev–Trinajstić information content (AvgIpc) is 3.00. The van der Waals surface area contributed by atoms with E-state index in [9.17, 15) is 9.59 Å². The maximum Gasteiger partial charge on any atom is 0.294 e. The summed E-state index contributed by atoms with van der Waals surface area (Å²) in [5, 5.41) is 0. The number of carbonyl (C=O) groups is 2. The maximum absolute atomic E-state index is 10.9. The Bertz CT molecular complexity index is 412. The molecule has 2 rings (SSSR count). The van der Waals surface area contributed by atoms with Gasteiger partial charge >= 0.3 is 0 Å². The molecule has 0 spiro atoms. The first-order valence-corrected chi connectivity index (χ1v) is 4.75. The van der Waals surface area contributed by atoms with Crippen molar-refractivity contribution in [2.24, 2.45) is 0 Å². The number of carbonyl (C=O) groups excluding carboxylic acids is 2. The van der Waals surface area contributed by atoms with Gasteiger partial charge in [0.2, 0.25) is 0 Å². The summed E-state index contributed by atoms with van der Waals surface area (Å²) in [7, 11) is 1.28. The number of rotatable bonds is 2. The number of hydrogen-bond donors (Lipinski definition) is 0. The van der Waals surface area contributed by atoms with E-state index in [0.29, 0.717) is 17.4 Å². The summed E-state index contributed by atoms with van der Waals surface area (Å²) < 4.78 is 4.44. The summed E-state index contributed by atoms with van der Waals surface area (Å²) in [5.74, 6) is -0.475. The van der Waals surface area contributed by atoms with Crippen LogP contribution in [0.5, 0.6) is 0 Å². The fraction of sp³-hybridized carbons (Fsp3) is 0.0769. The molecule has 0 radical (unpaired) electrons. The molecule has 2 aromatic rings. The second-order valence-electron chi connectivity index (χ2n) is 2.97. The molecule has 2 aromatic carbocycles. The zero-order valence-electron chi connectivity index (χ0n) is 9.27. The quantitative estimate of drug-likeness (QED) is 0.365. The predicted molar refractivity (Wildman–Crippen MR) is 60.8 cm³/mol. The van der Waals surface area contributed by atoms with Crippen molar-refractivity contribution in [3.8, 4) is 0 Å². The summed E-state index contributed by atoms with van der Waals surface area (Å²) in [6, 6.07) is 14.8. The van der Waals surface area contributed by atoms with Crippen LogP contribution >= 0.6 is 0 Å². The molecule has 0 aliphatic rings. The van der Waals surface area contributed by atoms with E-state index in [4.69, 9.17) is 0 Å². The molecule has 0 saturated heterocycles. The van der Waals surface area contributed by atoms with E-state index in [1.807, 2.05) is 30.3 Å². The molecule has 0 aliphatic carbocycles. The van der Waals surface area contributed by atoms with Gasteiger partial charge in [0, 0.05) is 17.1 Å². The average molecular weight is 272 g/mol. The number of aldehydes is 1. The molecule has 3 nitrogen and oxygen atoms in total. The van der Waals surface area contributed by atoms with Gasteiger partial charge in [-0.25, -0.2) is 12.1 Å². The summed E-state index contributed by atoms with van der Waals surface area (Å²) >= 11 is 0. The van der Waals surface area contributed by atoms with Crippen LogP contribution in [-0.2, 0) is 21.8 Å². The van der Waals surface area contributed by atoms with Crippen LogP contribution in [0.25, 0.3) is 0 Å². The molecule has 4 heteroatoms. The van der Waals surface area contributed by atoms with Crippen molar-refractivity contribution in [1.82, 2.24) is 0 Å². The molecule has 0 bridgehead atoms. The van der Waals surface area contributed by atoms with Crippen LogP contribution in [0.1, 0.15) is 20.7 Å². The second kappa shape index (κ2) is 8.50. The van der Waals surface area contributed by atoms with Crippen molar-refractivity contribution in [3.63, 3.8) is 0 Å². The molecule has 0 atom stereocenters. The van der Waals surface area contributed by atoms with Crippen LogP contribution < -0.4 is 0 Å². The fourth-order valence-corrected chi connectivity index (χ4v) is 1.15. The fourth-order valence-electron chi connectivity index (χ4n) is 1.15. The molecule has 92 valence electrons. The van der Waals surface area contributed by atoms with Crippen molar-refractivity contribution in [3.05, 3.63) is 59.7 Å². The molecule has 0 unspecified atom stereocenters. The zero-order chi connectivity index (χ0) is 11.8. The van der Waals surface area contributed by atoms with Gasteiger partial charge in [-0.15, -0.1) is 11.6 Å². The third kappa shape index (κ3) is 4.81. The molecule has 0 N–H and O–H groups in total. The Hall–Kier alpha value is -1.64. The zero-order valence-corrected chi connectivity index (χ0v) is 10.4. The van der Waals surface area contributed by atoms with Crippen LogP contribution in [-0.4, -0.2) is 19.4 Å². The third-order valence-corrected chi connectivity index (χ3v) is 1.94. The molecule has 0 heterocycles. The van der Waals surface area contributed by atoms with E-state index in [1.54, 1.807) is 18.2 Å². The SMILES string of the molecule is COC(=O)[c-]1cccc1C=O.[Fe].c1cc[cH-]c1. The van der Waals surface area contributed by atoms with Gasteiger partial charge in [0.15, 0.2) is 0 Å². The van der Waals surface area contributed by atoms with Crippen LogP contribution in [0.15, 0.2) is 48.5 Å². The van der Waals surface area contributed by atoms with E-state index in [2.05, 4.69) is 4.74 Å². The minimum absolute atomic E-state index is 0. The summed E-state index contributed by atoms with van der Waals surface area (Å²) in [4.78, 5) is 21.2. The standard InChI is InChI=1S/C8H7O3.C5H5.Fe/c1-11-8(10)7-4-2-3-6(7)5-9;1-2-4-5-3-1;/h2-5H,1H3;1-5H;/q2*-1;. The molecule has 0 aromatic heterocycles. The first-order chi connectivity index (χ1) is 7.79. The third-order valence-electron chi connectivity index (χ3n) is 1.94. The second-order valence-corrected chi connectivity index (χ2v) is 2.97. The Morgan fingerprint density at radius 3 is 2.41 bits per heavy atom. The van der Waals surface area contributed by atoms with Gasteiger partial charge in [-0.2, -0.15) is 30.3 Å². The van der Waals surface area contributed by atoms with Crippen LogP contribution in [0.4, 0.5) is 0 Å². The number of methoxy groups -OCH3 is 1. The molecule has 0 aliphatic heterocycles. The van der Waals surface area contributed by atoms with E-state index in [0.717, 1.165) is 0 Å². The number of ether oxygens (including phenoxy) is 1. The summed E-state index contributed by atoms with van der Waals surface area (Å²) in [5.41, 5.74) is 0.694. The van der Waals surface area contributed by atoms with Gasteiger partial charge in [0.1, 0.15) is 0 Å². The maximum atomic E-state index is 10.9. The van der Waals surface area contributed by atoms with Crippen molar-refractivity contribution in [2.75, 3.05) is 7.11 Å². The Labute approximate surface area is 111 Å². The van der Waals surface area contributed by atoms with Gasteiger partial charge in [-0.1, -0.05) is 0 Å². The number of esters is 1. The topological polar surface area (TPSA) is 43.4 Å². The smallest absolute Gasteiger partial charge is 0.294 e. The van der Waals surface area contributed by atoms with Gasteiger partial charge in [-0.3, -0.25) is 4.79 Å². The molecule has 0 fully saturated rings. The van der Waals surface area contributed by atoms with Gasteiger partial charge < -0.3 is 9.53 Å². The van der Waals surface area contributed by atoms with Crippen LogP contribution in [0, 0.1) is 0 Å². The van der Waals surface area contributed by atoms with E-state index in [1.165, 1.54) is 7.11 Å². The predicted octanol–water partition coefficient (Wildman–Crippen LogP) is 2.41. The Morgan fingerprint density at radius 2 is 2.00 bits per heavy atom. The molecule has 17 heavy (non-hydrogen) atoms. The van der Waals surface area contributed by atoms with E-state index < -0.39 is 5.97 Å². The largest absolute Gasteiger partial charge is 0.472 e. The van der Waals surface area contributed by atoms with Crippen molar-refractivity contribution in [2.45, 2.75) is 0 Å². The Morgan fingerprint density at radius 1 is 1.35 bits per heavy atom. The van der Waals surface area contributed by atoms with Gasteiger partial charge in [0.05, 0.1) is 13.4 Å². The molecule has 0 saturated carbocycles. The Balaban J connectivity index is 0.000000360. The molecular weight excluding hydrogens is 260 g/mol. The molecular formula is C13H12FeO3-2. The summed E-state index contributed by atoms with van der Waals surface area (Å²) in [6.45, 7) is 0. The van der Waals surface area contributed by atoms with Crippen LogP contribution in [0.2, 0.25) is 0 Å². The van der Waals surface area contributed by atoms with E-state index >= 15 is 0 Å². The minimum Gasteiger partial charge on any atom is -0.472 e. The van der Waals surface area contributed by atoms with Gasteiger partial charge in [-0.05, 0) is 5.56 Å². The van der Waals surface area contributed by atoms with Crippen molar-refractivity contribution >= 4 is 12.3 Å². The Kier molecular flexibility index (Phi) is 7.68. The normalized spacial score (nSPS) is 8.29.